The number of hydrogen-bond acceptors (Lipinski definition) is 6. The van der Waals surface area contributed by atoms with Gasteiger partial charge in [-0.1, -0.05) is 17.8 Å². The van der Waals surface area contributed by atoms with Gasteiger partial charge in [0.05, 0.1) is 11.7 Å². The van der Waals surface area contributed by atoms with Gasteiger partial charge in [-0.25, -0.2) is 0 Å². The van der Waals surface area contributed by atoms with Crippen LogP contribution in [0, 0.1) is 19.8 Å². The third kappa shape index (κ3) is 6.19. The number of carbonyl (C=O) groups is 2. The molecule has 2 amide bonds. The fraction of sp³-hybridized carbons (Fsp3) is 0.478. The van der Waals surface area contributed by atoms with Crippen LogP contribution in [0.1, 0.15) is 36.8 Å². The monoisotopic (exact) mass is 439 g/mol. The molecule has 1 saturated heterocycles. The van der Waals surface area contributed by atoms with Gasteiger partial charge in [-0.15, -0.1) is 10.2 Å². The smallest absolute Gasteiger partial charge is 0.234 e. The molecule has 2 N–H and O–H groups in total. The summed E-state index contributed by atoms with van der Waals surface area (Å²) in [6.45, 7) is 5.59. The molecule has 1 aliphatic carbocycles. The molecule has 164 valence electrons. The zero-order chi connectivity index (χ0) is 21.8. The third-order valence-electron chi connectivity index (χ3n) is 5.52. The van der Waals surface area contributed by atoms with E-state index in [1.54, 1.807) is 0 Å². The molecule has 1 atom stereocenters. The minimum Gasteiger partial charge on any atom is -0.354 e. The number of benzene rings is 1. The number of amides is 2. The van der Waals surface area contributed by atoms with Crippen molar-refractivity contribution in [2.45, 2.75) is 50.6 Å². The van der Waals surface area contributed by atoms with Crippen molar-refractivity contribution in [1.29, 1.82) is 0 Å². The molecule has 2 heterocycles. The van der Waals surface area contributed by atoms with Crippen LogP contribution in [0.2, 0.25) is 0 Å². The maximum absolute atomic E-state index is 12.4. The van der Waals surface area contributed by atoms with Crippen molar-refractivity contribution in [2.24, 2.45) is 5.92 Å². The summed E-state index contributed by atoms with van der Waals surface area (Å²) in [6, 6.07) is 10.2. The van der Waals surface area contributed by atoms with Crippen molar-refractivity contribution in [1.82, 2.24) is 15.5 Å². The van der Waals surface area contributed by atoms with E-state index < -0.39 is 0 Å². The fourth-order valence-electron chi connectivity index (χ4n) is 3.89. The van der Waals surface area contributed by atoms with Gasteiger partial charge in [0.25, 0.3) is 0 Å². The van der Waals surface area contributed by atoms with E-state index >= 15 is 0 Å². The number of thioether (sulfide) groups is 1. The molecule has 0 unspecified atom stereocenters. The summed E-state index contributed by atoms with van der Waals surface area (Å²) in [6.07, 6.45) is 4.11. The number of nitrogens with one attached hydrogen (secondary N) is 2. The van der Waals surface area contributed by atoms with E-state index in [1.165, 1.54) is 11.8 Å². The predicted octanol–water partition coefficient (Wildman–Crippen LogP) is 3.32. The van der Waals surface area contributed by atoms with Crippen molar-refractivity contribution in [3.8, 4) is 0 Å². The molecule has 0 radical (unpaired) electrons. The first kappa shape index (κ1) is 21.6. The first-order chi connectivity index (χ1) is 15.0. The number of hydrogen-bond donors (Lipinski definition) is 2. The summed E-state index contributed by atoms with van der Waals surface area (Å²) < 4.78 is 0. The van der Waals surface area contributed by atoms with E-state index in [-0.39, 0.29) is 23.5 Å². The van der Waals surface area contributed by atoms with Gasteiger partial charge >= 0.3 is 0 Å². The maximum atomic E-state index is 12.4. The summed E-state index contributed by atoms with van der Waals surface area (Å²) in [4.78, 5) is 26.8. The van der Waals surface area contributed by atoms with Crippen LogP contribution < -0.4 is 15.5 Å². The third-order valence-corrected chi connectivity index (χ3v) is 6.44. The van der Waals surface area contributed by atoms with E-state index in [2.05, 4.69) is 31.8 Å². The zero-order valence-corrected chi connectivity index (χ0v) is 18.9. The van der Waals surface area contributed by atoms with E-state index in [4.69, 9.17) is 0 Å². The molecular weight excluding hydrogens is 410 g/mol. The normalized spacial score (nSPS) is 18.5. The van der Waals surface area contributed by atoms with Gasteiger partial charge in [0.2, 0.25) is 11.8 Å². The number of aryl methyl sites for hydroxylation is 2. The van der Waals surface area contributed by atoms with E-state index in [0.29, 0.717) is 17.6 Å². The summed E-state index contributed by atoms with van der Waals surface area (Å²) in [5.74, 6) is 1.17. The van der Waals surface area contributed by atoms with Crippen LogP contribution in [0.4, 0.5) is 11.5 Å². The van der Waals surface area contributed by atoms with Crippen molar-refractivity contribution < 1.29 is 9.59 Å². The predicted molar refractivity (Wildman–Crippen MR) is 123 cm³/mol. The van der Waals surface area contributed by atoms with Gasteiger partial charge in [0.15, 0.2) is 5.82 Å². The van der Waals surface area contributed by atoms with Crippen LogP contribution in [0.15, 0.2) is 35.4 Å². The first-order valence-electron chi connectivity index (χ1n) is 10.9. The Morgan fingerprint density at radius 1 is 1.10 bits per heavy atom. The minimum absolute atomic E-state index is 0.0131. The van der Waals surface area contributed by atoms with Gasteiger partial charge < -0.3 is 15.5 Å². The lowest BCUT2D eigenvalue weighted by Gasteiger charge is -2.32. The number of nitrogens with zero attached hydrogens (tertiary/aromatic N) is 3. The highest BCUT2D eigenvalue weighted by Crippen LogP contribution is 2.25. The Morgan fingerprint density at radius 3 is 2.55 bits per heavy atom. The summed E-state index contributed by atoms with van der Waals surface area (Å²) >= 11 is 1.36. The summed E-state index contributed by atoms with van der Waals surface area (Å²) in [5.41, 5.74) is 3.05. The highest BCUT2D eigenvalue weighted by atomic mass is 32.2. The molecule has 2 aromatic rings. The highest BCUT2D eigenvalue weighted by molar-refractivity contribution is 7.99. The lowest BCUT2D eigenvalue weighted by Crippen LogP contribution is -2.44. The van der Waals surface area contributed by atoms with Crippen LogP contribution in [-0.4, -0.2) is 46.9 Å². The van der Waals surface area contributed by atoms with Crippen molar-refractivity contribution in [2.75, 3.05) is 29.1 Å². The lowest BCUT2D eigenvalue weighted by molar-refractivity contribution is -0.125. The number of anilines is 2. The largest absolute Gasteiger partial charge is 0.354 e. The van der Waals surface area contributed by atoms with E-state index in [0.717, 1.165) is 54.9 Å². The number of aromatic nitrogens is 2. The SMILES string of the molecule is Cc1cc(C)cc(NC(=O)CSc2ccc(N3CCC[C@H](C(=O)NC4CC4)C3)nn2)c1. The molecule has 0 bridgehead atoms. The Bertz CT molecular complexity index is 925. The molecular formula is C23H29N5O2S. The van der Waals surface area contributed by atoms with Crippen LogP contribution >= 0.6 is 11.8 Å². The molecule has 1 aliphatic heterocycles. The van der Waals surface area contributed by atoms with Crippen molar-refractivity contribution >= 4 is 35.1 Å². The Hall–Kier alpha value is -2.61. The number of rotatable bonds is 7. The summed E-state index contributed by atoms with van der Waals surface area (Å²) in [5, 5.41) is 15.4. The van der Waals surface area contributed by atoms with E-state index in [1.807, 2.05) is 38.1 Å². The average Bonchev–Trinajstić information content (AvgIpc) is 3.56. The first-order valence-corrected chi connectivity index (χ1v) is 11.8. The Balaban J connectivity index is 1.27. The number of piperidine rings is 1. The zero-order valence-electron chi connectivity index (χ0n) is 18.1. The molecule has 0 spiro atoms. The fourth-order valence-corrected chi connectivity index (χ4v) is 4.50. The van der Waals surface area contributed by atoms with Crippen molar-refractivity contribution in [3.63, 3.8) is 0 Å². The van der Waals surface area contributed by atoms with Crippen LogP contribution in [0.25, 0.3) is 0 Å². The van der Waals surface area contributed by atoms with Crippen molar-refractivity contribution in [3.05, 3.63) is 41.5 Å². The molecule has 1 aromatic heterocycles. The average molecular weight is 440 g/mol. The lowest BCUT2D eigenvalue weighted by atomic mass is 9.97. The maximum Gasteiger partial charge on any atom is 0.234 e. The Kier molecular flexibility index (Phi) is 6.75. The Morgan fingerprint density at radius 2 is 1.87 bits per heavy atom. The van der Waals surface area contributed by atoms with Gasteiger partial charge in [-0.05, 0) is 74.9 Å². The second-order valence-corrected chi connectivity index (χ2v) is 9.51. The number of carbonyl (C=O) groups excluding carboxylic acids is 2. The summed E-state index contributed by atoms with van der Waals surface area (Å²) in [7, 11) is 0. The van der Waals surface area contributed by atoms with Crippen LogP contribution in [0.3, 0.4) is 0 Å². The second kappa shape index (κ2) is 9.68. The molecule has 1 aromatic carbocycles. The molecule has 2 fully saturated rings. The molecule has 8 heteroatoms. The van der Waals surface area contributed by atoms with E-state index in [9.17, 15) is 9.59 Å². The van der Waals surface area contributed by atoms with Gasteiger partial charge in [0.1, 0.15) is 5.03 Å². The van der Waals surface area contributed by atoms with Crippen LogP contribution in [-0.2, 0) is 9.59 Å². The van der Waals surface area contributed by atoms with Gasteiger partial charge in [-0.3, -0.25) is 9.59 Å². The van der Waals surface area contributed by atoms with Gasteiger partial charge in [-0.2, -0.15) is 0 Å². The molecule has 4 rings (SSSR count). The molecule has 1 saturated carbocycles. The topological polar surface area (TPSA) is 87.2 Å². The highest BCUT2D eigenvalue weighted by Gasteiger charge is 2.30. The second-order valence-electron chi connectivity index (χ2n) is 8.51. The van der Waals surface area contributed by atoms with Gasteiger partial charge in [0, 0.05) is 24.8 Å². The molecule has 2 aliphatic rings. The quantitative estimate of drug-likeness (QED) is 0.644. The molecule has 7 nitrogen and oxygen atoms in total. The minimum atomic E-state index is -0.0681. The Labute approximate surface area is 187 Å². The molecule has 31 heavy (non-hydrogen) atoms. The standard InChI is InChI=1S/C23H29N5O2S/c1-15-10-16(2)12-19(11-15)24-21(29)14-31-22-8-7-20(26-27-22)28-9-3-4-17(13-28)23(30)25-18-5-6-18/h7-8,10-12,17-18H,3-6,9,13-14H2,1-2H3,(H,24,29)(H,25,30)/t17-/m0/s1. The van der Waals surface area contributed by atoms with Crippen LogP contribution in [0.5, 0.6) is 0 Å².